The third kappa shape index (κ3) is 1.94. The van der Waals surface area contributed by atoms with Crippen molar-refractivity contribution >= 4 is 5.84 Å². The molecule has 2 nitrogen and oxygen atoms in total. The summed E-state index contributed by atoms with van der Waals surface area (Å²) < 4.78 is 0. The van der Waals surface area contributed by atoms with E-state index in [1.165, 1.54) is 32.1 Å². The molecule has 0 atom stereocenters. The molecule has 0 radical (unpaired) electrons. The number of hydrogen-bond acceptors (Lipinski definition) is 1. The second kappa shape index (κ2) is 3.56. The van der Waals surface area contributed by atoms with E-state index in [-0.39, 0.29) is 0 Å². The molecule has 1 N–H and O–H groups in total. The molecule has 0 aromatic heterocycles. The van der Waals surface area contributed by atoms with E-state index in [1.54, 1.807) is 0 Å². The third-order valence-corrected chi connectivity index (χ3v) is 3.57. The van der Waals surface area contributed by atoms with Crippen LogP contribution in [0.5, 0.6) is 0 Å². The van der Waals surface area contributed by atoms with Gasteiger partial charge in [0.1, 0.15) is 0 Å². The molecule has 1 aliphatic heterocycles. The summed E-state index contributed by atoms with van der Waals surface area (Å²) in [6, 6.07) is 0. The molecule has 2 fully saturated rings. The van der Waals surface area contributed by atoms with Crippen molar-refractivity contribution in [2.24, 2.45) is 11.3 Å². The highest BCUT2D eigenvalue weighted by Crippen LogP contribution is 2.33. The lowest BCUT2D eigenvalue weighted by molar-refractivity contribution is 0.0901. The van der Waals surface area contributed by atoms with E-state index in [1.807, 2.05) is 0 Å². The van der Waals surface area contributed by atoms with Crippen LogP contribution in [0.25, 0.3) is 0 Å². The first-order valence-electron chi connectivity index (χ1n) is 5.92. The van der Waals surface area contributed by atoms with Gasteiger partial charge in [-0.25, -0.2) is 0 Å². The Morgan fingerprint density at radius 3 is 2.21 bits per heavy atom. The maximum atomic E-state index is 8.14. The SMILES string of the molecule is CC1(C)CN(C(=N)C2CCCCC2)C1. The summed E-state index contributed by atoms with van der Waals surface area (Å²) in [5.74, 6) is 1.52. The fourth-order valence-corrected chi connectivity index (χ4v) is 2.79. The normalized spacial score (nSPS) is 27.1. The molecule has 2 aliphatic rings. The third-order valence-electron chi connectivity index (χ3n) is 3.57. The lowest BCUT2D eigenvalue weighted by atomic mass is 9.81. The molecule has 14 heavy (non-hydrogen) atoms. The Bertz CT molecular complexity index is 218. The quantitative estimate of drug-likeness (QED) is 0.504. The number of nitrogens with one attached hydrogen (secondary N) is 1. The summed E-state index contributed by atoms with van der Waals surface area (Å²) in [4.78, 5) is 2.27. The van der Waals surface area contributed by atoms with Crippen LogP contribution in [0.15, 0.2) is 0 Å². The van der Waals surface area contributed by atoms with Gasteiger partial charge >= 0.3 is 0 Å². The zero-order valence-electron chi connectivity index (χ0n) is 9.47. The summed E-state index contributed by atoms with van der Waals surface area (Å²) in [5, 5.41) is 8.14. The van der Waals surface area contributed by atoms with Gasteiger partial charge in [-0.3, -0.25) is 5.41 Å². The van der Waals surface area contributed by atoms with Crippen LogP contribution in [-0.2, 0) is 0 Å². The van der Waals surface area contributed by atoms with Crippen LogP contribution >= 0.6 is 0 Å². The highest BCUT2D eigenvalue weighted by atomic mass is 15.2. The van der Waals surface area contributed by atoms with Gasteiger partial charge < -0.3 is 4.90 Å². The average molecular weight is 194 g/mol. The number of rotatable bonds is 1. The van der Waals surface area contributed by atoms with Gasteiger partial charge in [-0.2, -0.15) is 0 Å². The Morgan fingerprint density at radius 2 is 1.71 bits per heavy atom. The molecule has 0 amide bonds. The van der Waals surface area contributed by atoms with E-state index in [0.717, 1.165) is 18.9 Å². The molecular weight excluding hydrogens is 172 g/mol. The fraction of sp³-hybridized carbons (Fsp3) is 0.917. The number of amidine groups is 1. The van der Waals surface area contributed by atoms with Gasteiger partial charge in [0, 0.05) is 19.0 Å². The first-order valence-corrected chi connectivity index (χ1v) is 5.92. The van der Waals surface area contributed by atoms with E-state index >= 15 is 0 Å². The first kappa shape index (κ1) is 10.0. The lowest BCUT2D eigenvalue weighted by Crippen LogP contribution is -2.56. The molecule has 1 aliphatic carbocycles. The van der Waals surface area contributed by atoms with Gasteiger partial charge in [0.15, 0.2) is 0 Å². The van der Waals surface area contributed by atoms with Crippen molar-refractivity contribution in [1.29, 1.82) is 5.41 Å². The molecule has 0 unspecified atom stereocenters. The zero-order valence-corrected chi connectivity index (χ0v) is 9.47. The molecule has 1 heterocycles. The van der Waals surface area contributed by atoms with E-state index in [2.05, 4.69) is 18.7 Å². The fourth-order valence-electron chi connectivity index (χ4n) is 2.79. The van der Waals surface area contributed by atoms with E-state index in [4.69, 9.17) is 5.41 Å². The summed E-state index contributed by atoms with van der Waals surface area (Å²) in [7, 11) is 0. The van der Waals surface area contributed by atoms with Gasteiger partial charge in [-0.1, -0.05) is 33.1 Å². The van der Waals surface area contributed by atoms with Crippen molar-refractivity contribution in [2.45, 2.75) is 46.0 Å². The maximum Gasteiger partial charge on any atom is 0.0989 e. The Hall–Kier alpha value is -0.530. The number of hydrogen-bond donors (Lipinski definition) is 1. The van der Waals surface area contributed by atoms with Crippen molar-refractivity contribution in [3.63, 3.8) is 0 Å². The van der Waals surface area contributed by atoms with Crippen molar-refractivity contribution < 1.29 is 0 Å². The maximum absolute atomic E-state index is 8.14. The van der Waals surface area contributed by atoms with Crippen LogP contribution in [0, 0.1) is 16.7 Å². The minimum absolute atomic E-state index is 0.459. The highest BCUT2D eigenvalue weighted by Gasteiger charge is 2.37. The predicted molar refractivity (Wildman–Crippen MR) is 59.7 cm³/mol. The van der Waals surface area contributed by atoms with Crippen LogP contribution in [0.4, 0.5) is 0 Å². The van der Waals surface area contributed by atoms with Crippen molar-refractivity contribution in [2.75, 3.05) is 13.1 Å². The monoisotopic (exact) mass is 194 g/mol. The topological polar surface area (TPSA) is 27.1 Å². The largest absolute Gasteiger partial charge is 0.359 e. The van der Waals surface area contributed by atoms with Crippen LogP contribution < -0.4 is 0 Å². The van der Waals surface area contributed by atoms with Crippen LogP contribution in [0.3, 0.4) is 0 Å². The predicted octanol–water partition coefficient (Wildman–Crippen LogP) is 2.89. The van der Waals surface area contributed by atoms with Crippen LogP contribution in [0.1, 0.15) is 46.0 Å². The Balaban J connectivity index is 1.84. The molecule has 0 bridgehead atoms. The Morgan fingerprint density at radius 1 is 1.14 bits per heavy atom. The minimum atomic E-state index is 0.459. The first-order chi connectivity index (χ1) is 6.58. The van der Waals surface area contributed by atoms with Gasteiger partial charge in [0.2, 0.25) is 0 Å². The molecule has 2 rings (SSSR count). The van der Waals surface area contributed by atoms with Crippen molar-refractivity contribution in [3.8, 4) is 0 Å². The van der Waals surface area contributed by atoms with Crippen LogP contribution in [-0.4, -0.2) is 23.8 Å². The van der Waals surface area contributed by atoms with E-state index < -0.39 is 0 Å². The summed E-state index contributed by atoms with van der Waals surface area (Å²) in [6.07, 6.45) is 6.58. The van der Waals surface area contributed by atoms with Gasteiger partial charge in [-0.15, -0.1) is 0 Å². The second-order valence-corrected chi connectivity index (χ2v) is 5.74. The van der Waals surface area contributed by atoms with Gasteiger partial charge in [0.05, 0.1) is 5.84 Å². The molecule has 0 aromatic carbocycles. The van der Waals surface area contributed by atoms with Crippen LogP contribution in [0.2, 0.25) is 0 Å². The minimum Gasteiger partial charge on any atom is -0.359 e. The molecule has 1 saturated heterocycles. The number of nitrogens with zero attached hydrogens (tertiary/aromatic N) is 1. The summed E-state index contributed by atoms with van der Waals surface area (Å²) in [6.45, 7) is 6.78. The van der Waals surface area contributed by atoms with Crippen molar-refractivity contribution in [1.82, 2.24) is 4.90 Å². The molecule has 2 heteroatoms. The Labute approximate surface area is 87.2 Å². The van der Waals surface area contributed by atoms with Gasteiger partial charge in [0.25, 0.3) is 0 Å². The zero-order chi connectivity index (χ0) is 10.2. The average Bonchev–Trinajstić information content (AvgIpc) is 2.14. The molecule has 0 aromatic rings. The summed E-state index contributed by atoms with van der Waals surface area (Å²) in [5.41, 5.74) is 0.459. The van der Waals surface area contributed by atoms with E-state index in [9.17, 15) is 0 Å². The number of likely N-dealkylation sites (tertiary alicyclic amines) is 1. The van der Waals surface area contributed by atoms with E-state index in [0.29, 0.717) is 11.3 Å². The van der Waals surface area contributed by atoms with Gasteiger partial charge in [-0.05, 0) is 18.3 Å². The molecule has 1 saturated carbocycles. The smallest absolute Gasteiger partial charge is 0.0989 e. The Kier molecular flexibility index (Phi) is 2.54. The molecule has 0 spiro atoms. The highest BCUT2D eigenvalue weighted by molar-refractivity contribution is 5.82. The summed E-state index contributed by atoms with van der Waals surface area (Å²) >= 11 is 0. The molecule has 80 valence electrons. The standard InChI is InChI=1S/C12H22N2/c1-12(2)8-14(9-12)11(13)10-6-4-3-5-7-10/h10,13H,3-9H2,1-2H3. The second-order valence-electron chi connectivity index (χ2n) is 5.74. The molecular formula is C12H22N2. The lowest BCUT2D eigenvalue weighted by Gasteiger charge is -2.49. The van der Waals surface area contributed by atoms with Crippen molar-refractivity contribution in [3.05, 3.63) is 0 Å².